The third-order valence-electron chi connectivity index (χ3n) is 4.22. The molecule has 3 aromatic rings. The Morgan fingerprint density at radius 1 is 1.17 bits per heavy atom. The first-order valence-corrected chi connectivity index (χ1v) is 7.65. The topological polar surface area (TPSA) is 76.2 Å². The maximum absolute atomic E-state index is 11.7. The highest BCUT2D eigenvalue weighted by Gasteiger charge is 2.34. The van der Waals surface area contributed by atoms with E-state index in [0.717, 1.165) is 39.4 Å². The number of benzene rings is 2. The first-order chi connectivity index (χ1) is 11.5. The number of imidazole rings is 1. The smallest absolute Gasteiger partial charge is 0.412 e. The molecule has 0 bridgehead atoms. The fraction of sp³-hybridized carbons (Fsp3) is 0.222. The number of carbonyl (C=O) groups is 1. The third-order valence-corrected chi connectivity index (χ3v) is 4.22. The number of nitrogens with one attached hydrogen (secondary N) is 2. The van der Waals surface area contributed by atoms with E-state index >= 15 is 0 Å². The van der Waals surface area contributed by atoms with Crippen molar-refractivity contribution >= 4 is 22.8 Å². The molecule has 0 spiro atoms. The van der Waals surface area contributed by atoms with Gasteiger partial charge < -0.3 is 14.5 Å². The van der Waals surface area contributed by atoms with Crippen LogP contribution in [0.5, 0.6) is 5.75 Å². The van der Waals surface area contributed by atoms with Gasteiger partial charge in [-0.15, -0.1) is 0 Å². The Labute approximate surface area is 138 Å². The van der Waals surface area contributed by atoms with Crippen molar-refractivity contribution in [2.45, 2.75) is 19.4 Å². The lowest BCUT2D eigenvalue weighted by atomic mass is 9.94. The molecule has 0 aliphatic carbocycles. The van der Waals surface area contributed by atoms with Crippen molar-refractivity contribution in [3.63, 3.8) is 0 Å². The second-order valence-electron chi connectivity index (χ2n) is 6.25. The minimum atomic E-state index is -0.683. The number of amides is 1. The Bertz CT molecular complexity index is 942. The molecule has 1 aliphatic heterocycles. The molecule has 2 aromatic carbocycles. The molecule has 0 fully saturated rings. The number of cyclic esters (lactones) is 1. The summed E-state index contributed by atoms with van der Waals surface area (Å²) in [6.45, 7) is 3.74. The van der Waals surface area contributed by atoms with E-state index in [0.29, 0.717) is 0 Å². The van der Waals surface area contributed by atoms with Crippen LogP contribution in [0.1, 0.15) is 19.4 Å². The number of hydrogen-bond donors (Lipinski definition) is 2. The molecule has 4 rings (SSSR count). The Kier molecular flexibility index (Phi) is 3.03. The van der Waals surface area contributed by atoms with Gasteiger partial charge in [-0.05, 0) is 50.2 Å². The highest BCUT2D eigenvalue weighted by Crippen LogP contribution is 2.38. The van der Waals surface area contributed by atoms with Crippen molar-refractivity contribution in [3.8, 4) is 17.1 Å². The second kappa shape index (κ2) is 4.99. The summed E-state index contributed by atoms with van der Waals surface area (Å²) in [6, 6.07) is 11.5. The van der Waals surface area contributed by atoms with Crippen molar-refractivity contribution in [2.75, 3.05) is 12.4 Å². The van der Waals surface area contributed by atoms with Gasteiger partial charge in [-0.1, -0.05) is 0 Å². The molecule has 24 heavy (non-hydrogen) atoms. The van der Waals surface area contributed by atoms with Gasteiger partial charge in [0, 0.05) is 11.1 Å². The average molecular weight is 323 g/mol. The number of rotatable bonds is 2. The number of hydrogen-bond acceptors (Lipinski definition) is 4. The van der Waals surface area contributed by atoms with E-state index in [1.165, 1.54) is 0 Å². The maximum Gasteiger partial charge on any atom is 0.412 e. The van der Waals surface area contributed by atoms with E-state index in [9.17, 15) is 4.79 Å². The number of H-pyrrole nitrogens is 1. The van der Waals surface area contributed by atoms with Crippen LogP contribution in [0.15, 0.2) is 36.4 Å². The van der Waals surface area contributed by atoms with Gasteiger partial charge in [0.1, 0.15) is 17.2 Å². The number of anilines is 1. The molecule has 2 heterocycles. The SMILES string of the molecule is COc1ccc(-c2nc3cc4c(cc3[nH]2)C(C)(C)OC(=O)N4)cc1. The fourth-order valence-electron chi connectivity index (χ4n) is 2.97. The molecule has 6 nitrogen and oxygen atoms in total. The molecular weight excluding hydrogens is 306 g/mol. The summed E-state index contributed by atoms with van der Waals surface area (Å²) in [5, 5.41) is 2.74. The van der Waals surface area contributed by atoms with E-state index < -0.39 is 11.7 Å². The summed E-state index contributed by atoms with van der Waals surface area (Å²) in [6.07, 6.45) is -0.447. The summed E-state index contributed by atoms with van der Waals surface area (Å²) >= 11 is 0. The standard InChI is InChI=1S/C18H17N3O3/c1-18(2)12-8-14-15(9-13(12)21-17(22)24-18)20-16(19-14)10-4-6-11(23-3)7-5-10/h4-9H,1-3H3,(H,19,20)(H,21,22). The molecule has 0 unspecified atom stereocenters. The number of ether oxygens (including phenoxy) is 2. The summed E-state index contributed by atoms with van der Waals surface area (Å²) in [4.78, 5) is 19.7. The molecule has 0 atom stereocenters. The highest BCUT2D eigenvalue weighted by atomic mass is 16.6. The first kappa shape index (κ1) is 14.6. The molecule has 1 aromatic heterocycles. The van der Waals surface area contributed by atoms with Gasteiger partial charge in [0.05, 0.1) is 23.8 Å². The van der Waals surface area contributed by atoms with E-state index in [1.807, 2.05) is 50.2 Å². The predicted molar refractivity (Wildman–Crippen MR) is 91.2 cm³/mol. The van der Waals surface area contributed by atoms with Crippen LogP contribution in [-0.2, 0) is 10.3 Å². The summed E-state index contributed by atoms with van der Waals surface area (Å²) in [7, 11) is 1.64. The molecule has 2 N–H and O–H groups in total. The molecule has 0 saturated carbocycles. The predicted octanol–water partition coefficient (Wildman–Crippen LogP) is 4.04. The van der Waals surface area contributed by atoms with E-state index in [1.54, 1.807) is 7.11 Å². The molecule has 0 radical (unpaired) electrons. The number of aromatic nitrogens is 2. The van der Waals surface area contributed by atoms with Crippen LogP contribution in [0, 0.1) is 0 Å². The molecule has 122 valence electrons. The second-order valence-corrected chi connectivity index (χ2v) is 6.25. The van der Waals surface area contributed by atoms with Crippen molar-refractivity contribution in [1.29, 1.82) is 0 Å². The number of fused-ring (bicyclic) bond motifs is 2. The number of methoxy groups -OCH3 is 1. The number of aromatic amines is 1. The van der Waals surface area contributed by atoms with Crippen LogP contribution in [0.3, 0.4) is 0 Å². The lowest BCUT2D eigenvalue weighted by Gasteiger charge is -2.32. The Morgan fingerprint density at radius 3 is 2.62 bits per heavy atom. The summed E-state index contributed by atoms with van der Waals surface area (Å²) < 4.78 is 10.5. The molecule has 1 aliphatic rings. The van der Waals surface area contributed by atoms with Gasteiger partial charge in [-0.2, -0.15) is 0 Å². The summed E-state index contributed by atoms with van der Waals surface area (Å²) in [5.74, 6) is 1.56. The van der Waals surface area contributed by atoms with Gasteiger partial charge in [0.25, 0.3) is 0 Å². The van der Waals surface area contributed by atoms with E-state index in [-0.39, 0.29) is 0 Å². The zero-order chi connectivity index (χ0) is 16.9. The minimum absolute atomic E-state index is 0.447. The van der Waals surface area contributed by atoms with E-state index in [2.05, 4.69) is 15.3 Å². The number of carbonyl (C=O) groups excluding carboxylic acids is 1. The lowest BCUT2D eigenvalue weighted by molar-refractivity contribution is 0.0421. The first-order valence-electron chi connectivity index (χ1n) is 7.65. The van der Waals surface area contributed by atoms with Crippen LogP contribution in [0.25, 0.3) is 22.4 Å². The minimum Gasteiger partial charge on any atom is -0.497 e. The zero-order valence-electron chi connectivity index (χ0n) is 13.6. The molecule has 6 heteroatoms. The van der Waals surface area contributed by atoms with Crippen LogP contribution in [0.4, 0.5) is 10.5 Å². The summed E-state index contributed by atoms with van der Waals surface area (Å²) in [5.41, 5.74) is 3.61. The Balaban J connectivity index is 1.82. The largest absolute Gasteiger partial charge is 0.497 e. The van der Waals surface area contributed by atoms with Crippen molar-refractivity contribution in [3.05, 3.63) is 42.0 Å². The van der Waals surface area contributed by atoms with Crippen LogP contribution in [0.2, 0.25) is 0 Å². The van der Waals surface area contributed by atoms with Gasteiger partial charge in [0.2, 0.25) is 0 Å². The molecule has 0 saturated heterocycles. The Morgan fingerprint density at radius 2 is 1.92 bits per heavy atom. The van der Waals surface area contributed by atoms with Crippen LogP contribution < -0.4 is 10.1 Å². The molecular formula is C18H17N3O3. The van der Waals surface area contributed by atoms with Crippen LogP contribution in [-0.4, -0.2) is 23.2 Å². The Hall–Kier alpha value is -3.02. The maximum atomic E-state index is 11.7. The quantitative estimate of drug-likeness (QED) is 0.746. The van der Waals surface area contributed by atoms with E-state index in [4.69, 9.17) is 9.47 Å². The van der Waals surface area contributed by atoms with Gasteiger partial charge >= 0.3 is 6.09 Å². The fourth-order valence-corrected chi connectivity index (χ4v) is 2.97. The normalized spacial score (nSPS) is 15.5. The number of nitrogens with zero attached hydrogens (tertiary/aromatic N) is 1. The highest BCUT2D eigenvalue weighted by molar-refractivity contribution is 5.94. The average Bonchev–Trinajstić information content (AvgIpc) is 2.95. The monoisotopic (exact) mass is 323 g/mol. The van der Waals surface area contributed by atoms with Gasteiger partial charge in [-0.25, -0.2) is 9.78 Å². The lowest BCUT2D eigenvalue weighted by Crippen LogP contribution is -2.34. The van der Waals surface area contributed by atoms with Crippen molar-refractivity contribution in [1.82, 2.24) is 9.97 Å². The zero-order valence-corrected chi connectivity index (χ0v) is 13.6. The van der Waals surface area contributed by atoms with Crippen LogP contribution >= 0.6 is 0 Å². The van der Waals surface area contributed by atoms with Gasteiger partial charge in [-0.3, -0.25) is 5.32 Å². The van der Waals surface area contributed by atoms with Crippen molar-refractivity contribution in [2.24, 2.45) is 0 Å². The van der Waals surface area contributed by atoms with Crippen molar-refractivity contribution < 1.29 is 14.3 Å². The molecule has 1 amide bonds. The third kappa shape index (κ3) is 2.27. The van der Waals surface area contributed by atoms with Gasteiger partial charge in [0.15, 0.2) is 0 Å².